The first-order valence-electron chi connectivity index (χ1n) is 6.72. The lowest BCUT2D eigenvalue weighted by Crippen LogP contribution is -2.51. The average Bonchev–Trinajstić information content (AvgIpc) is 2.18. The maximum atomic E-state index is 11.7. The van der Waals surface area contributed by atoms with Gasteiger partial charge in [0.1, 0.15) is 5.60 Å². The molecule has 0 aromatic carbocycles. The summed E-state index contributed by atoms with van der Waals surface area (Å²) in [6.45, 7) is 14.0. The van der Waals surface area contributed by atoms with E-state index >= 15 is 0 Å². The fourth-order valence-electron chi connectivity index (χ4n) is 2.29. The summed E-state index contributed by atoms with van der Waals surface area (Å²) in [6, 6.07) is 0.162. The van der Waals surface area contributed by atoms with Crippen LogP contribution in [-0.2, 0) is 4.74 Å². The molecule has 0 saturated carbocycles. The Labute approximate surface area is 121 Å². The first-order valence-corrected chi connectivity index (χ1v) is 7.10. The molecule has 1 fully saturated rings. The third kappa shape index (κ3) is 6.30. The number of piperidine rings is 1. The summed E-state index contributed by atoms with van der Waals surface area (Å²) >= 11 is 5.83. The summed E-state index contributed by atoms with van der Waals surface area (Å²) in [7, 11) is 0. The normalized spacial score (nSPS) is 24.9. The van der Waals surface area contributed by atoms with E-state index in [9.17, 15) is 4.79 Å². The number of halogens is 1. The maximum absolute atomic E-state index is 11.7. The number of carbonyl (C=O) groups is 1. The number of rotatable bonds is 3. The van der Waals surface area contributed by atoms with Gasteiger partial charge in [-0.25, -0.2) is 4.79 Å². The molecule has 1 heterocycles. The molecular formula is C14H25ClN2O2. The summed E-state index contributed by atoms with van der Waals surface area (Å²) in [5, 5.41) is 3.61. The van der Waals surface area contributed by atoms with Crippen LogP contribution in [-0.4, -0.2) is 42.3 Å². The van der Waals surface area contributed by atoms with Crippen molar-refractivity contribution in [2.75, 3.05) is 19.6 Å². The van der Waals surface area contributed by atoms with E-state index in [0.29, 0.717) is 17.5 Å². The van der Waals surface area contributed by atoms with Gasteiger partial charge in [0.05, 0.1) is 0 Å². The van der Waals surface area contributed by atoms with Gasteiger partial charge in [-0.2, -0.15) is 0 Å². The fourth-order valence-corrected chi connectivity index (χ4v) is 2.46. The summed E-state index contributed by atoms with van der Waals surface area (Å²) in [5.74, 6) is 0.372. The van der Waals surface area contributed by atoms with Crippen molar-refractivity contribution in [2.24, 2.45) is 5.92 Å². The minimum Gasteiger partial charge on any atom is -0.444 e. The van der Waals surface area contributed by atoms with Crippen molar-refractivity contribution in [3.05, 3.63) is 11.6 Å². The van der Waals surface area contributed by atoms with Gasteiger partial charge in [0.2, 0.25) is 0 Å². The summed E-state index contributed by atoms with van der Waals surface area (Å²) < 4.78 is 5.28. The molecule has 0 spiro atoms. The van der Waals surface area contributed by atoms with Crippen LogP contribution < -0.4 is 5.32 Å². The number of carbonyl (C=O) groups excluding carboxylic acids is 1. The molecule has 2 atom stereocenters. The van der Waals surface area contributed by atoms with Crippen LogP contribution in [0.1, 0.15) is 34.1 Å². The largest absolute Gasteiger partial charge is 0.444 e. The second-order valence-corrected chi connectivity index (χ2v) is 6.81. The minimum absolute atomic E-state index is 0.162. The van der Waals surface area contributed by atoms with Gasteiger partial charge >= 0.3 is 6.09 Å². The first-order chi connectivity index (χ1) is 8.67. The molecule has 1 aliphatic rings. The lowest BCUT2D eigenvalue weighted by molar-refractivity contribution is 0.0447. The summed E-state index contributed by atoms with van der Waals surface area (Å²) in [4.78, 5) is 14.0. The van der Waals surface area contributed by atoms with Gasteiger partial charge < -0.3 is 10.1 Å². The van der Waals surface area contributed by atoms with E-state index in [4.69, 9.17) is 16.3 Å². The first kappa shape index (κ1) is 16.3. The van der Waals surface area contributed by atoms with E-state index < -0.39 is 5.60 Å². The van der Waals surface area contributed by atoms with E-state index in [-0.39, 0.29) is 12.1 Å². The molecule has 0 aromatic heterocycles. The van der Waals surface area contributed by atoms with Crippen molar-refractivity contribution < 1.29 is 9.53 Å². The van der Waals surface area contributed by atoms with Crippen LogP contribution in [0.5, 0.6) is 0 Å². The van der Waals surface area contributed by atoms with E-state index in [2.05, 4.69) is 23.7 Å². The van der Waals surface area contributed by atoms with Crippen molar-refractivity contribution in [2.45, 2.75) is 45.8 Å². The Bertz CT molecular complexity index is 339. The van der Waals surface area contributed by atoms with Gasteiger partial charge in [0, 0.05) is 30.7 Å². The minimum atomic E-state index is -0.454. The number of amides is 1. The third-order valence-electron chi connectivity index (χ3n) is 3.09. The molecule has 0 bridgehead atoms. The van der Waals surface area contributed by atoms with Crippen LogP contribution in [0.3, 0.4) is 0 Å². The van der Waals surface area contributed by atoms with Crippen LogP contribution >= 0.6 is 11.6 Å². The molecular weight excluding hydrogens is 264 g/mol. The molecule has 1 amide bonds. The Hall–Kier alpha value is -0.740. The zero-order valence-electron chi connectivity index (χ0n) is 12.3. The number of nitrogens with one attached hydrogen (secondary N) is 1. The van der Waals surface area contributed by atoms with Gasteiger partial charge in [-0.3, -0.25) is 4.90 Å². The molecule has 110 valence electrons. The number of ether oxygens (including phenoxy) is 1. The zero-order chi connectivity index (χ0) is 14.6. The van der Waals surface area contributed by atoms with Crippen molar-refractivity contribution in [3.63, 3.8) is 0 Å². The topological polar surface area (TPSA) is 41.6 Å². The quantitative estimate of drug-likeness (QED) is 0.868. The number of likely N-dealkylation sites (tertiary alicyclic amines) is 1. The predicted molar refractivity (Wildman–Crippen MR) is 78.4 cm³/mol. The van der Waals surface area contributed by atoms with Crippen molar-refractivity contribution >= 4 is 17.7 Å². The highest BCUT2D eigenvalue weighted by molar-refractivity contribution is 6.29. The highest BCUT2D eigenvalue weighted by Gasteiger charge is 2.28. The molecule has 0 radical (unpaired) electrons. The van der Waals surface area contributed by atoms with Gasteiger partial charge in [0.15, 0.2) is 0 Å². The Morgan fingerprint density at radius 3 is 2.63 bits per heavy atom. The van der Waals surface area contributed by atoms with Crippen LogP contribution in [0.25, 0.3) is 0 Å². The molecule has 19 heavy (non-hydrogen) atoms. The fraction of sp³-hybridized carbons (Fsp3) is 0.786. The third-order valence-corrected chi connectivity index (χ3v) is 3.21. The highest BCUT2D eigenvalue weighted by atomic mass is 35.5. The average molecular weight is 289 g/mol. The maximum Gasteiger partial charge on any atom is 0.407 e. The van der Waals surface area contributed by atoms with E-state index in [1.807, 2.05) is 20.8 Å². The Balaban J connectivity index is 2.41. The van der Waals surface area contributed by atoms with Crippen molar-refractivity contribution in [3.8, 4) is 0 Å². The monoisotopic (exact) mass is 288 g/mol. The van der Waals surface area contributed by atoms with Crippen LogP contribution in [0, 0.1) is 5.92 Å². The number of nitrogens with zero attached hydrogens (tertiary/aromatic N) is 1. The van der Waals surface area contributed by atoms with Gasteiger partial charge in [0.25, 0.3) is 0 Å². The smallest absolute Gasteiger partial charge is 0.407 e. The van der Waals surface area contributed by atoms with Crippen LogP contribution in [0.2, 0.25) is 0 Å². The molecule has 1 aliphatic heterocycles. The van der Waals surface area contributed by atoms with Gasteiger partial charge in [-0.1, -0.05) is 25.1 Å². The van der Waals surface area contributed by atoms with Crippen molar-refractivity contribution in [1.29, 1.82) is 0 Å². The molecule has 1 N–H and O–H groups in total. The molecule has 1 rings (SSSR count). The van der Waals surface area contributed by atoms with Gasteiger partial charge in [-0.15, -0.1) is 0 Å². The molecule has 1 saturated heterocycles. The Morgan fingerprint density at radius 2 is 2.16 bits per heavy atom. The molecule has 0 aromatic rings. The molecule has 5 heteroatoms. The van der Waals surface area contributed by atoms with Crippen molar-refractivity contribution in [1.82, 2.24) is 10.2 Å². The number of hydrogen-bond acceptors (Lipinski definition) is 3. The summed E-state index contributed by atoms with van der Waals surface area (Å²) in [6.07, 6.45) is 0.574. The number of hydrogen-bond donors (Lipinski definition) is 1. The lowest BCUT2D eigenvalue weighted by Gasteiger charge is -2.37. The standard InChI is InChI=1S/C14H25ClN2O2/c1-10-8-17(9-11(2)15)7-6-12(10)16-13(18)19-14(3,4)5/h10,12H,2,6-9H2,1,3-5H3,(H,16,18)/t10-,12+/m0/s1. The Morgan fingerprint density at radius 1 is 1.53 bits per heavy atom. The van der Waals surface area contributed by atoms with Gasteiger partial charge in [-0.05, 0) is 33.1 Å². The number of alkyl carbamates (subject to hydrolysis) is 1. The molecule has 0 aliphatic carbocycles. The van der Waals surface area contributed by atoms with Crippen LogP contribution in [0.4, 0.5) is 4.79 Å². The van der Waals surface area contributed by atoms with E-state index in [1.54, 1.807) is 0 Å². The predicted octanol–water partition coefficient (Wildman–Crippen LogP) is 2.97. The zero-order valence-corrected chi connectivity index (χ0v) is 13.1. The molecule has 0 unspecified atom stereocenters. The van der Waals surface area contributed by atoms with Crippen LogP contribution in [0.15, 0.2) is 11.6 Å². The summed E-state index contributed by atoms with van der Waals surface area (Å²) in [5.41, 5.74) is -0.454. The second kappa shape index (κ2) is 6.62. The van der Waals surface area contributed by atoms with E-state index in [0.717, 1.165) is 19.5 Å². The highest BCUT2D eigenvalue weighted by Crippen LogP contribution is 2.19. The Kier molecular flexibility index (Phi) is 5.68. The SMILES string of the molecule is C=C(Cl)CN1CC[C@@H](NC(=O)OC(C)(C)C)[C@@H](C)C1. The second-order valence-electron chi connectivity index (χ2n) is 6.27. The van der Waals surface area contributed by atoms with E-state index in [1.165, 1.54) is 0 Å². The molecule has 4 nitrogen and oxygen atoms in total. The lowest BCUT2D eigenvalue weighted by atomic mass is 9.94.